The van der Waals surface area contributed by atoms with Gasteiger partial charge in [0.25, 0.3) is 0 Å². The molecule has 1 fully saturated rings. The molecule has 0 spiro atoms. The van der Waals surface area contributed by atoms with E-state index in [1.165, 1.54) is 12.8 Å². The number of halogens is 1. The van der Waals surface area contributed by atoms with E-state index in [0.29, 0.717) is 5.92 Å². The van der Waals surface area contributed by atoms with Crippen molar-refractivity contribution in [2.24, 2.45) is 0 Å². The first kappa shape index (κ1) is 12.8. The minimum atomic E-state index is 0.217. The van der Waals surface area contributed by atoms with E-state index in [0.717, 1.165) is 28.4 Å². The summed E-state index contributed by atoms with van der Waals surface area (Å²) in [7, 11) is 0. The van der Waals surface area contributed by atoms with Crippen molar-refractivity contribution in [2.75, 3.05) is 11.9 Å². The van der Waals surface area contributed by atoms with E-state index in [1.54, 1.807) is 0 Å². The highest BCUT2D eigenvalue weighted by Crippen LogP contribution is 2.47. The van der Waals surface area contributed by atoms with Gasteiger partial charge >= 0.3 is 0 Å². The molecule has 0 saturated heterocycles. The minimum absolute atomic E-state index is 0.217. The Morgan fingerprint density at radius 2 is 2.00 bits per heavy atom. The number of rotatable bonds is 4. The summed E-state index contributed by atoms with van der Waals surface area (Å²) in [4.78, 5) is 9.42. The van der Waals surface area contributed by atoms with Gasteiger partial charge < -0.3 is 5.32 Å². The van der Waals surface area contributed by atoms with Gasteiger partial charge in [0.05, 0.1) is 10.2 Å². The second kappa shape index (κ2) is 4.56. The lowest BCUT2D eigenvalue weighted by Gasteiger charge is -2.16. The largest absolute Gasteiger partial charge is 0.369 e. The first-order valence-corrected chi connectivity index (χ1v) is 7.09. The third-order valence-corrected chi connectivity index (χ3v) is 4.09. The van der Waals surface area contributed by atoms with Crippen molar-refractivity contribution in [3.8, 4) is 0 Å². The van der Waals surface area contributed by atoms with Gasteiger partial charge in [0, 0.05) is 12.0 Å². The first-order chi connectivity index (χ1) is 7.98. The summed E-state index contributed by atoms with van der Waals surface area (Å²) >= 11 is 3.62. The summed E-state index contributed by atoms with van der Waals surface area (Å²) in [5, 5.41) is 3.31. The Kier molecular flexibility index (Phi) is 3.43. The summed E-state index contributed by atoms with van der Waals surface area (Å²) < 4.78 is 1.02. The summed E-state index contributed by atoms with van der Waals surface area (Å²) in [6.07, 6.45) is 2.41. The Labute approximate surface area is 112 Å². The van der Waals surface area contributed by atoms with E-state index < -0.39 is 0 Å². The monoisotopic (exact) mass is 297 g/mol. The van der Waals surface area contributed by atoms with Crippen LogP contribution in [0.2, 0.25) is 0 Å². The van der Waals surface area contributed by atoms with Gasteiger partial charge in [-0.25, -0.2) is 9.97 Å². The molecule has 0 aliphatic heterocycles. The molecule has 0 aromatic carbocycles. The Balaban J connectivity index is 2.48. The molecular formula is C13H20BrN3. The van der Waals surface area contributed by atoms with E-state index in [-0.39, 0.29) is 5.41 Å². The second-order valence-corrected chi connectivity index (χ2v) is 6.13. The molecule has 1 heterocycles. The van der Waals surface area contributed by atoms with Crippen molar-refractivity contribution in [3.63, 3.8) is 0 Å². The Hall–Kier alpha value is -0.640. The molecule has 94 valence electrons. The second-order valence-electron chi connectivity index (χ2n) is 5.34. The fourth-order valence-electron chi connectivity index (χ4n) is 1.81. The number of aromatic nitrogens is 2. The van der Waals surface area contributed by atoms with Gasteiger partial charge in [-0.2, -0.15) is 0 Å². The van der Waals surface area contributed by atoms with Gasteiger partial charge in [-0.1, -0.05) is 20.8 Å². The van der Waals surface area contributed by atoms with Crippen LogP contribution >= 0.6 is 15.9 Å². The van der Waals surface area contributed by atoms with Crippen LogP contribution in [0.5, 0.6) is 0 Å². The van der Waals surface area contributed by atoms with Gasteiger partial charge in [0.1, 0.15) is 11.6 Å². The Bertz CT molecular complexity index is 425. The van der Waals surface area contributed by atoms with Crippen LogP contribution in [0.25, 0.3) is 0 Å². The van der Waals surface area contributed by atoms with Gasteiger partial charge in [0.15, 0.2) is 0 Å². The maximum Gasteiger partial charge on any atom is 0.144 e. The molecule has 0 atom stereocenters. The molecule has 1 aliphatic carbocycles. The Morgan fingerprint density at radius 1 is 1.35 bits per heavy atom. The smallest absolute Gasteiger partial charge is 0.144 e. The van der Waals surface area contributed by atoms with Crippen LogP contribution in [0.3, 0.4) is 0 Å². The Morgan fingerprint density at radius 3 is 2.47 bits per heavy atom. The van der Waals surface area contributed by atoms with Crippen LogP contribution in [0.1, 0.15) is 58.0 Å². The van der Waals surface area contributed by atoms with Gasteiger partial charge in [-0.15, -0.1) is 0 Å². The molecule has 3 nitrogen and oxygen atoms in total. The predicted octanol–water partition coefficient (Wildman–Crippen LogP) is 3.85. The maximum absolute atomic E-state index is 4.75. The minimum Gasteiger partial charge on any atom is -0.369 e. The van der Waals surface area contributed by atoms with E-state index in [4.69, 9.17) is 4.98 Å². The van der Waals surface area contributed by atoms with Crippen LogP contribution in [0, 0.1) is 0 Å². The zero-order valence-electron chi connectivity index (χ0n) is 11.0. The molecule has 0 bridgehead atoms. The highest BCUT2D eigenvalue weighted by molar-refractivity contribution is 9.10. The third kappa shape index (κ3) is 2.46. The first-order valence-electron chi connectivity index (χ1n) is 6.29. The molecule has 0 amide bonds. The molecule has 1 aromatic rings. The molecule has 4 heteroatoms. The summed E-state index contributed by atoms with van der Waals surface area (Å²) in [5.74, 6) is 2.35. The fraction of sp³-hybridized carbons (Fsp3) is 0.692. The van der Waals surface area contributed by atoms with Crippen molar-refractivity contribution in [2.45, 2.75) is 51.9 Å². The number of hydrogen-bond donors (Lipinski definition) is 1. The number of hydrogen-bond acceptors (Lipinski definition) is 3. The highest BCUT2D eigenvalue weighted by Gasteiger charge is 2.42. The molecule has 17 heavy (non-hydrogen) atoms. The molecule has 1 N–H and O–H groups in total. The van der Waals surface area contributed by atoms with Crippen LogP contribution in [0.15, 0.2) is 4.47 Å². The number of anilines is 1. The molecule has 1 aromatic heterocycles. The topological polar surface area (TPSA) is 37.8 Å². The van der Waals surface area contributed by atoms with E-state index in [2.05, 4.69) is 53.9 Å². The summed E-state index contributed by atoms with van der Waals surface area (Å²) in [6, 6.07) is 0. The van der Waals surface area contributed by atoms with Crippen molar-refractivity contribution in [3.05, 3.63) is 16.0 Å². The van der Waals surface area contributed by atoms with Gasteiger partial charge in [0.2, 0.25) is 0 Å². The lowest BCUT2D eigenvalue weighted by molar-refractivity contribution is 0.681. The van der Waals surface area contributed by atoms with Gasteiger partial charge in [-0.3, -0.25) is 0 Å². The lowest BCUT2D eigenvalue weighted by atomic mass is 10.1. The molecular weight excluding hydrogens is 278 g/mol. The molecule has 0 unspecified atom stereocenters. The normalized spacial score (nSPS) is 17.3. The molecule has 1 aliphatic rings. The number of nitrogens with zero attached hydrogens (tertiary/aromatic N) is 2. The predicted molar refractivity (Wildman–Crippen MR) is 74.6 cm³/mol. The molecule has 2 rings (SSSR count). The van der Waals surface area contributed by atoms with Crippen LogP contribution < -0.4 is 5.32 Å². The van der Waals surface area contributed by atoms with Crippen LogP contribution in [-0.4, -0.2) is 16.5 Å². The van der Waals surface area contributed by atoms with Crippen LogP contribution in [0.4, 0.5) is 5.82 Å². The van der Waals surface area contributed by atoms with E-state index in [9.17, 15) is 0 Å². The zero-order valence-corrected chi connectivity index (χ0v) is 12.6. The lowest BCUT2D eigenvalue weighted by Crippen LogP contribution is -2.14. The van der Waals surface area contributed by atoms with Crippen molar-refractivity contribution < 1.29 is 0 Å². The molecule has 0 radical (unpaired) electrons. The SMILES string of the molecule is CCNc1nc(C2(C)CC2)nc(C(C)C)c1Br. The van der Waals surface area contributed by atoms with Crippen molar-refractivity contribution in [1.29, 1.82) is 0 Å². The molecule has 1 saturated carbocycles. The third-order valence-electron chi connectivity index (χ3n) is 3.31. The standard InChI is InChI=1S/C13H20BrN3/c1-5-15-11-9(14)10(8(2)3)16-12(17-11)13(4)6-7-13/h8H,5-7H2,1-4H3,(H,15,16,17). The highest BCUT2D eigenvalue weighted by atomic mass is 79.9. The summed E-state index contributed by atoms with van der Waals surface area (Å²) in [5.41, 5.74) is 1.33. The van der Waals surface area contributed by atoms with E-state index >= 15 is 0 Å². The van der Waals surface area contributed by atoms with Crippen LogP contribution in [-0.2, 0) is 5.41 Å². The fourth-order valence-corrected chi connectivity index (χ4v) is 2.59. The zero-order chi connectivity index (χ0) is 12.6. The van der Waals surface area contributed by atoms with Crippen molar-refractivity contribution >= 4 is 21.7 Å². The average Bonchev–Trinajstić information content (AvgIpc) is 3.00. The van der Waals surface area contributed by atoms with E-state index in [1.807, 2.05) is 0 Å². The number of nitrogens with one attached hydrogen (secondary N) is 1. The maximum atomic E-state index is 4.75. The van der Waals surface area contributed by atoms with Crippen molar-refractivity contribution in [1.82, 2.24) is 9.97 Å². The summed E-state index contributed by atoms with van der Waals surface area (Å²) in [6.45, 7) is 9.55. The quantitative estimate of drug-likeness (QED) is 0.917. The van der Waals surface area contributed by atoms with Gasteiger partial charge in [-0.05, 0) is 41.6 Å². The average molecular weight is 298 g/mol.